The summed E-state index contributed by atoms with van der Waals surface area (Å²) in [6.45, 7) is 3.88. The topological polar surface area (TPSA) is 35.0 Å². The van der Waals surface area contributed by atoms with Gasteiger partial charge in [0.1, 0.15) is 10.9 Å². The van der Waals surface area contributed by atoms with Crippen molar-refractivity contribution in [2.45, 2.75) is 13.8 Å². The van der Waals surface area contributed by atoms with Crippen molar-refractivity contribution in [1.29, 1.82) is 0 Å². The van der Waals surface area contributed by atoms with Gasteiger partial charge in [-0.05, 0) is 47.5 Å². The Hall–Kier alpha value is -1.13. The van der Waals surface area contributed by atoms with Crippen LogP contribution in [0.5, 0.6) is 5.75 Å². The zero-order valence-electron chi connectivity index (χ0n) is 10.3. The van der Waals surface area contributed by atoms with Gasteiger partial charge in [0.15, 0.2) is 5.82 Å². The minimum Gasteiger partial charge on any atom is -0.496 e. The molecular formula is C13H12BrClN2O. The summed E-state index contributed by atoms with van der Waals surface area (Å²) in [4.78, 5) is 8.69. The smallest absolute Gasteiger partial charge is 0.164 e. The van der Waals surface area contributed by atoms with Crippen LogP contribution in [-0.2, 0) is 0 Å². The maximum atomic E-state index is 6.06. The number of methoxy groups -OCH3 is 1. The number of aryl methyl sites for hydroxylation is 2. The van der Waals surface area contributed by atoms with E-state index in [0.717, 1.165) is 27.0 Å². The predicted molar refractivity (Wildman–Crippen MR) is 76.2 cm³/mol. The molecule has 0 saturated carbocycles. The van der Waals surface area contributed by atoms with Crippen molar-refractivity contribution >= 4 is 27.5 Å². The number of nitrogens with zero attached hydrogens (tertiary/aromatic N) is 2. The molecule has 2 rings (SSSR count). The summed E-state index contributed by atoms with van der Waals surface area (Å²) in [7, 11) is 1.63. The predicted octanol–water partition coefficient (Wildman–Crippen LogP) is 4.18. The lowest BCUT2D eigenvalue weighted by Crippen LogP contribution is -1.97. The van der Waals surface area contributed by atoms with E-state index in [2.05, 4.69) is 25.9 Å². The maximum Gasteiger partial charge on any atom is 0.164 e. The third-order valence-electron chi connectivity index (χ3n) is 2.57. The Morgan fingerprint density at radius 2 is 1.94 bits per heavy atom. The molecule has 0 unspecified atom stereocenters. The van der Waals surface area contributed by atoms with Crippen molar-refractivity contribution < 1.29 is 4.74 Å². The van der Waals surface area contributed by atoms with Crippen molar-refractivity contribution in [2.75, 3.05) is 7.11 Å². The summed E-state index contributed by atoms with van der Waals surface area (Å²) >= 11 is 9.40. The van der Waals surface area contributed by atoms with Crippen LogP contribution in [-0.4, -0.2) is 17.1 Å². The van der Waals surface area contributed by atoms with Gasteiger partial charge >= 0.3 is 0 Å². The van der Waals surface area contributed by atoms with Crippen LogP contribution in [0, 0.1) is 13.8 Å². The number of aromatic nitrogens is 2. The van der Waals surface area contributed by atoms with Gasteiger partial charge in [-0.15, -0.1) is 0 Å². The number of halogens is 2. The molecule has 0 atom stereocenters. The van der Waals surface area contributed by atoms with Gasteiger partial charge in [-0.2, -0.15) is 0 Å². The highest BCUT2D eigenvalue weighted by Gasteiger charge is 2.13. The Morgan fingerprint density at radius 3 is 2.56 bits per heavy atom. The average molecular weight is 328 g/mol. The molecule has 0 fully saturated rings. The molecule has 1 aromatic heterocycles. The number of hydrogen-bond donors (Lipinski definition) is 0. The summed E-state index contributed by atoms with van der Waals surface area (Å²) in [6.07, 6.45) is 0. The number of ether oxygens (including phenoxy) is 1. The average Bonchev–Trinajstić information content (AvgIpc) is 2.35. The lowest BCUT2D eigenvalue weighted by molar-refractivity contribution is 0.416. The Labute approximate surface area is 119 Å². The van der Waals surface area contributed by atoms with Gasteiger partial charge in [0.2, 0.25) is 0 Å². The molecule has 0 aliphatic heterocycles. The van der Waals surface area contributed by atoms with Gasteiger partial charge in [-0.1, -0.05) is 17.7 Å². The molecule has 5 heteroatoms. The van der Waals surface area contributed by atoms with E-state index in [0.29, 0.717) is 11.0 Å². The molecule has 0 N–H and O–H groups in total. The van der Waals surface area contributed by atoms with E-state index >= 15 is 0 Å². The molecule has 0 saturated heterocycles. The number of rotatable bonds is 2. The van der Waals surface area contributed by atoms with Gasteiger partial charge < -0.3 is 4.74 Å². The second kappa shape index (κ2) is 5.24. The van der Waals surface area contributed by atoms with Gasteiger partial charge in [0.05, 0.1) is 22.8 Å². The molecule has 94 valence electrons. The van der Waals surface area contributed by atoms with E-state index in [4.69, 9.17) is 16.3 Å². The van der Waals surface area contributed by atoms with Gasteiger partial charge in [0.25, 0.3) is 0 Å². The zero-order valence-corrected chi connectivity index (χ0v) is 12.6. The largest absolute Gasteiger partial charge is 0.496 e. The lowest BCUT2D eigenvalue weighted by atomic mass is 10.1. The normalized spacial score (nSPS) is 10.5. The molecule has 1 heterocycles. The van der Waals surface area contributed by atoms with Crippen LogP contribution >= 0.6 is 27.5 Å². The van der Waals surface area contributed by atoms with E-state index in [1.54, 1.807) is 7.11 Å². The quantitative estimate of drug-likeness (QED) is 0.776. The van der Waals surface area contributed by atoms with E-state index < -0.39 is 0 Å². The SMILES string of the molecule is COc1cc(C)ccc1-c1nc(C)c(Br)c(Cl)n1. The molecule has 0 aliphatic rings. The van der Waals surface area contributed by atoms with E-state index in [-0.39, 0.29) is 0 Å². The third kappa shape index (κ3) is 2.49. The first-order valence-electron chi connectivity index (χ1n) is 5.37. The van der Waals surface area contributed by atoms with Gasteiger partial charge in [-0.3, -0.25) is 0 Å². The highest BCUT2D eigenvalue weighted by Crippen LogP contribution is 2.31. The fourth-order valence-electron chi connectivity index (χ4n) is 1.63. The van der Waals surface area contributed by atoms with Crippen molar-refractivity contribution in [3.63, 3.8) is 0 Å². The van der Waals surface area contributed by atoms with Gasteiger partial charge in [0, 0.05) is 0 Å². The molecule has 3 nitrogen and oxygen atoms in total. The summed E-state index contributed by atoms with van der Waals surface area (Å²) < 4.78 is 6.08. The Balaban J connectivity index is 2.62. The van der Waals surface area contributed by atoms with E-state index in [9.17, 15) is 0 Å². The second-order valence-corrected chi connectivity index (χ2v) is 5.09. The van der Waals surface area contributed by atoms with Crippen molar-refractivity contribution in [3.8, 4) is 17.1 Å². The maximum absolute atomic E-state index is 6.06. The van der Waals surface area contributed by atoms with Gasteiger partial charge in [-0.25, -0.2) is 9.97 Å². The summed E-state index contributed by atoms with van der Waals surface area (Å²) in [6, 6.07) is 5.88. The monoisotopic (exact) mass is 326 g/mol. The van der Waals surface area contributed by atoms with Crippen LogP contribution in [0.3, 0.4) is 0 Å². The molecule has 1 aromatic carbocycles. The number of benzene rings is 1. The minimum atomic E-state index is 0.403. The molecule has 0 radical (unpaired) electrons. The number of hydrogen-bond acceptors (Lipinski definition) is 3. The zero-order chi connectivity index (χ0) is 13.3. The molecule has 0 bridgehead atoms. The van der Waals surface area contributed by atoms with Crippen molar-refractivity contribution in [2.24, 2.45) is 0 Å². The van der Waals surface area contributed by atoms with Crippen LogP contribution in [0.2, 0.25) is 5.15 Å². The molecule has 2 aromatic rings. The third-order valence-corrected chi connectivity index (χ3v) is 4.03. The van der Waals surface area contributed by atoms with E-state index in [1.807, 2.05) is 32.0 Å². The van der Waals surface area contributed by atoms with Crippen LogP contribution in [0.15, 0.2) is 22.7 Å². The first kappa shape index (κ1) is 13.3. The first-order valence-corrected chi connectivity index (χ1v) is 6.54. The molecule has 18 heavy (non-hydrogen) atoms. The minimum absolute atomic E-state index is 0.403. The molecule has 0 spiro atoms. The van der Waals surface area contributed by atoms with E-state index in [1.165, 1.54) is 0 Å². The Kier molecular flexibility index (Phi) is 3.88. The van der Waals surface area contributed by atoms with Crippen molar-refractivity contribution in [3.05, 3.63) is 39.1 Å². The summed E-state index contributed by atoms with van der Waals surface area (Å²) in [5.74, 6) is 1.31. The standard InChI is InChI=1S/C13H12BrClN2O/c1-7-4-5-9(10(6-7)18-3)13-16-8(2)11(14)12(15)17-13/h4-6H,1-3H3. The highest BCUT2D eigenvalue weighted by molar-refractivity contribution is 9.10. The highest BCUT2D eigenvalue weighted by atomic mass is 79.9. The van der Waals surface area contributed by atoms with Crippen molar-refractivity contribution in [1.82, 2.24) is 9.97 Å². The van der Waals surface area contributed by atoms with Crippen LogP contribution in [0.1, 0.15) is 11.3 Å². The van der Waals surface area contributed by atoms with Crippen LogP contribution in [0.4, 0.5) is 0 Å². The van der Waals surface area contributed by atoms with Crippen LogP contribution < -0.4 is 4.74 Å². The summed E-state index contributed by atoms with van der Waals surface area (Å²) in [5, 5.41) is 0.403. The second-order valence-electron chi connectivity index (χ2n) is 3.94. The summed E-state index contributed by atoms with van der Waals surface area (Å²) in [5.41, 5.74) is 2.75. The lowest BCUT2D eigenvalue weighted by Gasteiger charge is -2.10. The first-order chi connectivity index (χ1) is 8.52. The molecular weight excluding hydrogens is 316 g/mol. The Bertz CT molecular complexity index is 579. The van der Waals surface area contributed by atoms with Crippen LogP contribution in [0.25, 0.3) is 11.4 Å². The fraction of sp³-hybridized carbons (Fsp3) is 0.231. The molecule has 0 amide bonds. The Morgan fingerprint density at radius 1 is 1.22 bits per heavy atom. The fourth-order valence-corrected chi connectivity index (χ4v) is 2.02. The molecule has 0 aliphatic carbocycles.